The van der Waals surface area contributed by atoms with Crippen molar-refractivity contribution in [3.8, 4) is 0 Å². The molecule has 0 N–H and O–H groups in total. The van der Waals surface area contributed by atoms with E-state index in [4.69, 9.17) is 0 Å². The molecule has 0 unspecified atom stereocenters. The topological polar surface area (TPSA) is 80.3 Å². The molecule has 0 saturated heterocycles. The molecular weight excluding hydrogens is 542 g/mol. The van der Waals surface area contributed by atoms with E-state index in [9.17, 15) is 6.80 Å². The molecule has 0 aliphatic carbocycles. The molecule has 0 bridgehead atoms. The maximum absolute atomic E-state index is 9.27. The molecule has 0 heterocycles. The summed E-state index contributed by atoms with van der Waals surface area (Å²) in [6, 6.07) is 0. The van der Waals surface area contributed by atoms with Gasteiger partial charge in [-0.1, -0.05) is 0 Å². The van der Waals surface area contributed by atoms with Crippen molar-refractivity contribution < 1.29 is 65.6 Å². The van der Waals surface area contributed by atoms with Crippen LogP contribution in [0.15, 0.2) is 0 Å². The molecular formula is C8H24Cl4Mo2O7. The average Bonchev–Trinajstić information content (AvgIpc) is 2.36. The van der Waals surface area contributed by atoms with Crippen molar-refractivity contribution in [3.63, 3.8) is 0 Å². The van der Waals surface area contributed by atoms with Gasteiger partial charge in [0.1, 0.15) is 0 Å². The normalized spacial score (nSPS) is 6.67. The second kappa shape index (κ2) is 57.5. The van der Waals surface area contributed by atoms with Gasteiger partial charge in [-0.05, 0) is 0 Å². The number of hydrogen-bond acceptors (Lipinski definition) is 7. The fourth-order valence-electron chi connectivity index (χ4n) is 0.345. The second-order valence-electron chi connectivity index (χ2n) is 2.18. The van der Waals surface area contributed by atoms with Crippen LogP contribution in [0, 0.1) is 0 Å². The Bertz CT molecular complexity index is 130. The van der Waals surface area contributed by atoms with Crippen LogP contribution < -0.4 is 0 Å². The van der Waals surface area contributed by atoms with E-state index in [1.54, 1.807) is 28.4 Å². The zero-order chi connectivity index (χ0) is 13.8. The van der Waals surface area contributed by atoms with Gasteiger partial charge in [0.2, 0.25) is 0 Å². The minimum absolute atomic E-state index is 0. The van der Waals surface area contributed by atoms with Gasteiger partial charge >= 0.3 is 46.7 Å². The molecule has 7 nitrogen and oxygen atoms in total. The third-order valence-electron chi connectivity index (χ3n) is 1.04. The summed E-state index contributed by atoms with van der Waals surface area (Å²) in [5.74, 6) is 0. The quantitative estimate of drug-likeness (QED) is 0.329. The Morgan fingerprint density at radius 3 is 0.810 bits per heavy atom. The predicted molar refractivity (Wildman–Crippen MR) is 79.0 cm³/mol. The van der Waals surface area contributed by atoms with Crippen LogP contribution in [-0.4, -0.2) is 54.9 Å². The van der Waals surface area contributed by atoms with Gasteiger partial charge in [-0.2, -0.15) is 0 Å². The Kier molecular flexibility index (Phi) is 119. The molecule has 0 saturated carbocycles. The predicted octanol–water partition coefficient (Wildman–Crippen LogP) is 1.93. The van der Waals surface area contributed by atoms with Gasteiger partial charge in [0, 0.05) is 28.4 Å². The minimum atomic E-state index is -1.53. The number of methoxy groups -OCH3 is 4. The number of ether oxygens (including phenoxy) is 4. The van der Waals surface area contributed by atoms with Crippen molar-refractivity contribution in [1.29, 1.82) is 0 Å². The third kappa shape index (κ3) is 88.3. The fourth-order valence-corrected chi connectivity index (χ4v) is 0.730. The van der Waals surface area contributed by atoms with Crippen LogP contribution in [-0.2, 0) is 65.6 Å². The summed E-state index contributed by atoms with van der Waals surface area (Å²) in [5, 5.41) is 0. The Morgan fingerprint density at radius 2 is 0.762 bits per heavy atom. The Labute approximate surface area is 169 Å². The Balaban J connectivity index is -0.0000000257. The first-order valence-electron chi connectivity index (χ1n) is 4.45. The molecule has 138 valence electrons. The van der Waals surface area contributed by atoms with Gasteiger partial charge in [0.15, 0.2) is 0 Å². The van der Waals surface area contributed by atoms with Crippen LogP contribution in [0.2, 0.25) is 0 Å². The SMILES string of the molecule is COCCOC.COCCOC.Cl.Cl.Cl.Cl.[O]=[Mo][O][Mo]=[O]. The van der Waals surface area contributed by atoms with Crippen LogP contribution in [0.5, 0.6) is 0 Å². The van der Waals surface area contributed by atoms with Crippen molar-refractivity contribution in [2.75, 3.05) is 54.9 Å². The summed E-state index contributed by atoms with van der Waals surface area (Å²) < 4.78 is 41.2. The van der Waals surface area contributed by atoms with Gasteiger partial charge in [-0.15, -0.1) is 49.6 Å². The summed E-state index contributed by atoms with van der Waals surface area (Å²) in [6.07, 6.45) is 0. The molecule has 0 spiro atoms. The van der Waals surface area contributed by atoms with E-state index in [1.807, 2.05) is 0 Å². The molecule has 13 heteroatoms. The summed E-state index contributed by atoms with van der Waals surface area (Å²) in [6.45, 7) is 2.76. The molecule has 0 aromatic carbocycles. The van der Waals surface area contributed by atoms with Crippen molar-refractivity contribution in [3.05, 3.63) is 0 Å². The van der Waals surface area contributed by atoms with Crippen LogP contribution in [0.3, 0.4) is 0 Å². The number of hydrogen-bond donors (Lipinski definition) is 0. The monoisotopic (exact) mass is 568 g/mol. The van der Waals surface area contributed by atoms with Crippen molar-refractivity contribution >= 4 is 49.6 Å². The van der Waals surface area contributed by atoms with Crippen LogP contribution in [0.25, 0.3) is 0 Å². The van der Waals surface area contributed by atoms with Crippen LogP contribution in [0.1, 0.15) is 0 Å². The van der Waals surface area contributed by atoms with E-state index in [-0.39, 0.29) is 49.6 Å². The van der Waals surface area contributed by atoms with Crippen molar-refractivity contribution in [1.82, 2.24) is 0 Å². The summed E-state index contributed by atoms with van der Waals surface area (Å²) in [7, 11) is 6.61. The van der Waals surface area contributed by atoms with Gasteiger partial charge in [-0.25, -0.2) is 0 Å². The van der Waals surface area contributed by atoms with Gasteiger partial charge in [0.25, 0.3) is 0 Å². The van der Waals surface area contributed by atoms with Crippen molar-refractivity contribution in [2.24, 2.45) is 0 Å². The molecule has 0 aliphatic rings. The van der Waals surface area contributed by atoms with Gasteiger partial charge < -0.3 is 18.9 Å². The zero-order valence-corrected chi connectivity index (χ0v) is 19.4. The summed E-state index contributed by atoms with van der Waals surface area (Å²) in [5.41, 5.74) is 0. The summed E-state index contributed by atoms with van der Waals surface area (Å²) >= 11 is -3.06. The van der Waals surface area contributed by atoms with Gasteiger partial charge in [-0.3, -0.25) is 0 Å². The van der Waals surface area contributed by atoms with E-state index in [2.05, 4.69) is 21.0 Å². The number of halogens is 4. The number of rotatable bonds is 8. The first-order chi connectivity index (χ1) is 8.24. The van der Waals surface area contributed by atoms with E-state index in [0.717, 1.165) is 0 Å². The van der Waals surface area contributed by atoms with Gasteiger partial charge in [0.05, 0.1) is 26.4 Å². The molecule has 21 heavy (non-hydrogen) atoms. The second-order valence-corrected chi connectivity index (χ2v) is 5.16. The molecule has 0 amide bonds. The van der Waals surface area contributed by atoms with Crippen LogP contribution in [0.4, 0.5) is 0 Å². The van der Waals surface area contributed by atoms with Crippen molar-refractivity contribution in [2.45, 2.75) is 0 Å². The Hall–Kier alpha value is 1.94. The fraction of sp³-hybridized carbons (Fsp3) is 1.00. The van der Waals surface area contributed by atoms with E-state index in [1.165, 1.54) is 0 Å². The first kappa shape index (κ1) is 43.5. The molecule has 0 rings (SSSR count). The summed E-state index contributed by atoms with van der Waals surface area (Å²) in [4.78, 5) is 0. The van der Waals surface area contributed by atoms with E-state index >= 15 is 0 Å². The molecule has 0 radical (unpaired) electrons. The first-order valence-corrected chi connectivity index (χ1v) is 7.73. The van der Waals surface area contributed by atoms with E-state index < -0.39 is 37.8 Å². The maximum atomic E-state index is 9.27. The van der Waals surface area contributed by atoms with Crippen LogP contribution >= 0.6 is 49.6 Å². The van der Waals surface area contributed by atoms with E-state index in [0.29, 0.717) is 26.4 Å². The Morgan fingerprint density at radius 1 is 0.571 bits per heavy atom. The average molecular weight is 566 g/mol. The third-order valence-corrected chi connectivity index (χ3v) is 2.93. The molecule has 0 aromatic heterocycles. The molecule has 0 aliphatic heterocycles. The standard InChI is InChI=1S/2C4H10O2.4ClH.2Mo.3O/c2*1-5-3-4-6-2;;;;;;;;;/h2*3-4H2,1-2H3;4*1H;;;;;. The molecule has 0 fully saturated rings. The molecule has 0 atom stereocenters. The molecule has 0 aromatic rings. The zero-order valence-electron chi connectivity index (χ0n) is 12.1.